The van der Waals surface area contributed by atoms with Gasteiger partial charge in [-0.05, 0) is 25.7 Å². The average molecular weight is 259 g/mol. The van der Waals surface area contributed by atoms with Gasteiger partial charge in [0.2, 0.25) is 0 Å². The Hall–Kier alpha value is -1.03. The lowest BCUT2D eigenvalue weighted by molar-refractivity contribution is -0.142. The van der Waals surface area contributed by atoms with Gasteiger partial charge in [-0.2, -0.15) is 5.10 Å². The van der Waals surface area contributed by atoms with Crippen LogP contribution in [0.2, 0.25) is 5.15 Å². The normalized spacial score (nSPS) is 13.1. The number of hydrogen-bond acceptors (Lipinski definition) is 2. The lowest BCUT2D eigenvalue weighted by atomic mass is 9.91. The van der Waals surface area contributed by atoms with E-state index in [9.17, 15) is 9.90 Å². The van der Waals surface area contributed by atoms with Gasteiger partial charge in [0.15, 0.2) is 0 Å². The molecule has 0 spiro atoms. The second kappa shape index (κ2) is 5.54. The van der Waals surface area contributed by atoms with Crippen molar-refractivity contribution < 1.29 is 9.90 Å². The van der Waals surface area contributed by atoms with Crippen molar-refractivity contribution in [2.75, 3.05) is 0 Å². The summed E-state index contributed by atoms with van der Waals surface area (Å²) >= 11 is 6.11. The first kappa shape index (κ1) is 14.0. The van der Waals surface area contributed by atoms with Crippen LogP contribution in [0.3, 0.4) is 0 Å². The number of aryl methyl sites for hydroxylation is 2. The molecule has 0 aromatic carbocycles. The fourth-order valence-corrected chi connectivity index (χ4v) is 2.24. The molecule has 1 aromatic heterocycles. The van der Waals surface area contributed by atoms with E-state index in [1.807, 2.05) is 20.8 Å². The van der Waals surface area contributed by atoms with Gasteiger partial charge in [-0.3, -0.25) is 9.48 Å². The summed E-state index contributed by atoms with van der Waals surface area (Å²) in [4.78, 5) is 11.2. The summed E-state index contributed by atoms with van der Waals surface area (Å²) in [5, 5.41) is 13.9. The zero-order chi connectivity index (χ0) is 13.2. The highest BCUT2D eigenvalue weighted by atomic mass is 35.5. The lowest BCUT2D eigenvalue weighted by Gasteiger charge is -2.14. The zero-order valence-electron chi connectivity index (χ0n) is 10.7. The fourth-order valence-electron chi connectivity index (χ4n) is 1.99. The van der Waals surface area contributed by atoms with Gasteiger partial charge in [-0.15, -0.1) is 0 Å². The highest BCUT2D eigenvalue weighted by Gasteiger charge is 2.23. The molecule has 1 unspecified atom stereocenters. The standard InChI is InChI=1S/C12H19ClN2O2/c1-7(2)5-9(12(16)17)6-10-8(3)14-15(4)11(10)13/h7,9H,5-6H2,1-4H3,(H,16,17). The maximum absolute atomic E-state index is 11.2. The van der Waals surface area contributed by atoms with E-state index < -0.39 is 11.9 Å². The van der Waals surface area contributed by atoms with Crippen molar-refractivity contribution in [3.63, 3.8) is 0 Å². The third-order valence-corrected chi connectivity index (χ3v) is 3.30. The van der Waals surface area contributed by atoms with Gasteiger partial charge in [0.05, 0.1) is 11.6 Å². The summed E-state index contributed by atoms with van der Waals surface area (Å²) in [6, 6.07) is 0. The van der Waals surface area contributed by atoms with Crippen molar-refractivity contribution in [2.45, 2.75) is 33.6 Å². The van der Waals surface area contributed by atoms with E-state index in [1.54, 1.807) is 11.7 Å². The molecule has 0 amide bonds. The van der Waals surface area contributed by atoms with E-state index >= 15 is 0 Å². The van der Waals surface area contributed by atoms with Crippen LogP contribution in [0.15, 0.2) is 0 Å². The van der Waals surface area contributed by atoms with Gasteiger partial charge in [-0.25, -0.2) is 0 Å². The Morgan fingerprint density at radius 2 is 2.12 bits per heavy atom. The highest BCUT2D eigenvalue weighted by molar-refractivity contribution is 6.30. The molecule has 0 aliphatic carbocycles. The van der Waals surface area contributed by atoms with E-state index in [0.29, 0.717) is 23.9 Å². The first-order valence-corrected chi connectivity index (χ1v) is 6.11. The lowest BCUT2D eigenvalue weighted by Crippen LogP contribution is -2.19. The number of rotatable bonds is 5. The number of carboxylic acid groups (broad SMARTS) is 1. The molecule has 5 heteroatoms. The first-order chi connectivity index (χ1) is 7.82. The van der Waals surface area contributed by atoms with Crippen LogP contribution in [0, 0.1) is 18.8 Å². The van der Waals surface area contributed by atoms with Crippen LogP contribution in [0.5, 0.6) is 0 Å². The van der Waals surface area contributed by atoms with Crippen LogP contribution in [-0.4, -0.2) is 20.9 Å². The molecule has 1 atom stereocenters. The number of aliphatic carboxylic acids is 1. The van der Waals surface area contributed by atoms with Gasteiger partial charge < -0.3 is 5.11 Å². The Morgan fingerprint density at radius 3 is 2.47 bits per heavy atom. The number of nitrogens with zero attached hydrogens (tertiary/aromatic N) is 2. The summed E-state index contributed by atoms with van der Waals surface area (Å²) < 4.78 is 1.58. The maximum Gasteiger partial charge on any atom is 0.306 e. The third-order valence-electron chi connectivity index (χ3n) is 2.83. The predicted octanol–water partition coefficient (Wildman–Crippen LogP) is 2.67. The third kappa shape index (κ3) is 3.46. The van der Waals surface area contributed by atoms with Crippen molar-refractivity contribution in [3.8, 4) is 0 Å². The molecule has 0 bridgehead atoms. The van der Waals surface area contributed by atoms with Gasteiger partial charge >= 0.3 is 5.97 Å². The quantitative estimate of drug-likeness (QED) is 0.883. The minimum Gasteiger partial charge on any atom is -0.481 e. The molecular formula is C12H19ClN2O2. The Labute approximate surface area is 107 Å². The second-order valence-electron chi connectivity index (χ2n) is 4.85. The van der Waals surface area contributed by atoms with Gasteiger partial charge in [0.25, 0.3) is 0 Å². The van der Waals surface area contributed by atoms with E-state index in [2.05, 4.69) is 5.10 Å². The smallest absolute Gasteiger partial charge is 0.306 e. The van der Waals surface area contributed by atoms with Gasteiger partial charge in [0, 0.05) is 12.6 Å². The van der Waals surface area contributed by atoms with E-state index in [1.165, 1.54) is 0 Å². The molecule has 1 heterocycles. The van der Waals surface area contributed by atoms with Crippen LogP contribution < -0.4 is 0 Å². The van der Waals surface area contributed by atoms with Crippen LogP contribution in [0.1, 0.15) is 31.5 Å². The van der Waals surface area contributed by atoms with Crippen LogP contribution in [0.4, 0.5) is 0 Å². The molecule has 1 aromatic rings. The van der Waals surface area contributed by atoms with Crippen LogP contribution in [0.25, 0.3) is 0 Å². The van der Waals surface area contributed by atoms with E-state index in [-0.39, 0.29) is 0 Å². The summed E-state index contributed by atoms with van der Waals surface area (Å²) in [5.74, 6) is -0.805. The summed E-state index contributed by atoms with van der Waals surface area (Å²) in [5.41, 5.74) is 1.66. The molecule has 0 aliphatic heterocycles. The predicted molar refractivity (Wildman–Crippen MR) is 67.2 cm³/mol. The van der Waals surface area contributed by atoms with Crippen LogP contribution in [-0.2, 0) is 18.3 Å². The summed E-state index contributed by atoms with van der Waals surface area (Å²) in [6.07, 6.45) is 1.10. The minimum absolute atomic E-state index is 0.354. The number of halogens is 1. The van der Waals surface area contributed by atoms with Crippen LogP contribution >= 0.6 is 11.6 Å². The molecular weight excluding hydrogens is 240 g/mol. The first-order valence-electron chi connectivity index (χ1n) is 5.73. The molecule has 4 nitrogen and oxygen atoms in total. The number of carboxylic acids is 1. The monoisotopic (exact) mass is 258 g/mol. The second-order valence-corrected chi connectivity index (χ2v) is 5.21. The molecule has 1 N–H and O–H groups in total. The van der Waals surface area contributed by atoms with Gasteiger partial charge in [0.1, 0.15) is 5.15 Å². The van der Waals surface area contributed by atoms with Crippen molar-refractivity contribution in [1.82, 2.24) is 9.78 Å². The zero-order valence-corrected chi connectivity index (χ0v) is 11.5. The Morgan fingerprint density at radius 1 is 1.53 bits per heavy atom. The maximum atomic E-state index is 11.2. The van der Waals surface area contributed by atoms with E-state index in [0.717, 1.165) is 11.3 Å². The number of aromatic nitrogens is 2. The number of hydrogen-bond donors (Lipinski definition) is 1. The minimum atomic E-state index is -0.766. The molecule has 1 rings (SSSR count). The Balaban J connectivity index is 2.89. The topological polar surface area (TPSA) is 55.1 Å². The molecule has 0 fully saturated rings. The summed E-state index contributed by atoms with van der Waals surface area (Å²) in [7, 11) is 1.76. The summed E-state index contributed by atoms with van der Waals surface area (Å²) in [6.45, 7) is 5.90. The molecule has 17 heavy (non-hydrogen) atoms. The fraction of sp³-hybridized carbons (Fsp3) is 0.667. The molecule has 0 saturated heterocycles. The average Bonchev–Trinajstić information content (AvgIpc) is 2.43. The van der Waals surface area contributed by atoms with E-state index in [4.69, 9.17) is 11.6 Å². The SMILES string of the molecule is Cc1nn(C)c(Cl)c1CC(CC(C)C)C(=O)O. The molecule has 96 valence electrons. The van der Waals surface area contributed by atoms with Gasteiger partial charge in [-0.1, -0.05) is 25.4 Å². The Kier molecular flexibility index (Phi) is 4.57. The molecule has 0 aliphatic rings. The molecule has 0 radical (unpaired) electrons. The molecule has 0 saturated carbocycles. The largest absolute Gasteiger partial charge is 0.481 e. The number of carbonyl (C=O) groups is 1. The Bertz CT molecular complexity index is 413. The van der Waals surface area contributed by atoms with Crippen molar-refractivity contribution in [3.05, 3.63) is 16.4 Å². The highest BCUT2D eigenvalue weighted by Crippen LogP contribution is 2.25. The van der Waals surface area contributed by atoms with Crippen molar-refractivity contribution in [1.29, 1.82) is 0 Å². The van der Waals surface area contributed by atoms with Crippen molar-refractivity contribution >= 4 is 17.6 Å². The van der Waals surface area contributed by atoms with Crippen molar-refractivity contribution in [2.24, 2.45) is 18.9 Å².